The van der Waals surface area contributed by atoms with Crippen LogP contribution in [0.5, 0.6) is 0 Å². The van der Waals surface area contributed by atoms with Crippen molar-refractivity contribution in [1.29, 1.82) is 0 Å². The van der Waals surface area contributed by atoms with Crippen molar-refractivity contribution in [1.82, 2.24) is 10.6 Å². The number of halogens is 1. The van der Waals surface area contributed by atoms with Crippen LogP contribution < -0.4 is 10.6 Å². The van der Waals surface area contributed by atoms with E-state index in [1.165, 1.54) is 6.07 Å². The van der Waals surface area contributed by atoms with E-state index >= 15 is 0 Å². The molecular formula is C18H29FN2O2. The second-order valence-electron chi connectivity index (χ2n) is 6.85. The van der Waals surface area contributed by atoms with E-state index in [2.05, 4.69) is 10.6 Å². The fourth-order valence-corrected chi connectivity index (χ4v) is 2.30. The molecule has 0 fully saturated rings. The van der Waals surface area contributed by atoms with Crippen molar-refractivity contribution in [2.45, 2.75) is 65.1 Å². The summed E-state index contributed by atoms with van der Waals surface area (Å²) in [4.78, 5) is 11.7. The largest absolute Gasteiger partial charge is 0.444 e. The van der Waals surface area contributed by atoms with Gasteiger partial charge in [-0.15, -0.1) is 0 Å². The lowest BCUT2D eigenvalue weighted by atomic mass is 10.1. The lowest BCUT2D eigenvalue weighted by molar-refractivity contribution is 0.0521. The summed E-state index contributed by atoms with van der Waals surface area (Å²) in [7, 11) is 0. The molecule has 5 heteroatoms. The zero-order valence-electron chi connectivity index (χ0n) is 14.8. The Morgan fingerprint density at radius 2 is 1.96 bits per heavy atom. The number of amides is 1. The van der Waals surface area contributed by atoms with Crippen LogP contribution >= 0.6 is 0 Å². The van der Waals surface area contributed by atoms with Gasteiger partial charge in [0.2, 0.25) is 0 Å². The minimum Gasteiger partial charge on any atom is -0.444 e. The molecule has 0 bridgehead atoms. The third-order valence-corrected chi connectivity index (χ3v) is 3.39. The van der Waals surface area contributed by atoms with E-state index in [-0.39, 0.29) is 17.9 Å². The Morgan fingerprint density at radius 1 is 1.30 bits per heavy atom. The van der Waals surface area contributed by atoms with Gasteiger partial charge in [0.15, 0.2) is 0 Å². The van der Waals surface area contributed by atoms with Crippen molar-refractivity contribution in [2.24, 2.45) is 0 Å². The van der Waals surface area contributed by atoms with Gasteiger partial charge in [-0.3, -0.25) is 0 Å². The Hall–Kier alpha value is -1.62. The van der Waals surface area contributed by atoms with Gasteiger partial charge in [0.1, 0.15) is 11.4 Å². The van der Waals surface area contributed by atoms with E-state index in [9.17, 15) is 9.18 Å². The normalized spacial score (nSPS) is 14.2. The van der Waals surface area contributed by atoms with E-state index < -0.39 is 11.7 Å². The third kappa shape index (κ3) is 7.98. The zero-order valence-corrected chi connectivity index (χ0v) is 14.8. The van der Waals surface area contributed by atoms with Crippen LogP contribution in [0.2, 0.25) is 0 Å². The molecule has 0 aliphatic carbocycles. The minimum atomic E-state index is -0.503. The Balaban J connectivity index is 2.43. The summed E-state index contributed by atoms with van der Waals surface area (Å²) >= 11 is 0. The van der Waals surface area contributed by atoms with Crippen LogP contribution in [0.1, 0.15) is 46.6 Å². The van der Waals surface area contributed by atoms with E-state index in [0.717, 1.165) is 6.42 Å². The molecule has 0 radical (unpaired) electrons. The smallest absolute Gasteiger partial charge is 0.407 e. The summed E-state index contributed by atoms with van der Waals surface area (Å²) in [5.41, 5.74) is 0.194. The molecule has 0 aromatic heterocycles. The maximum absolute atomic E-state index is 13.7. The highest BCUT2D eigenvalue weighted by molar-refractivity contribution is 5.67. The SMILES string of the molecule is CCC(CNC(=O)OC(C)(C)C)NC(C)Cc1ccccc1F. The van der Waals surface area contributed by atoms with Crippen LogP contribution in [0.15, 0.2) is 24.3 Å². The standard InChI is InChI=1S/C18H29FN2O2/c1-6-15(12-20-17(22)23-18(3,4)5)21-13(2)11-14-9-7-8-10-16(14)19/h7-10,13,15,21H,6,11-12H2,1-5H3,(H,20,22). The average Bonchev–Trinajstić information content (AvgIpc) is 2.44. The molecule has 1 aromatic rings. The molecule has 130 valence electrons. The number of rotatable bonds is 7. The molecule has 0 saturated carbocycles. The maximum atomic E-state index is 13.7. The van der Waals surface area contributed by atoms with Crippen molar-refractivity contribution < 1.29 is 13.9 Å². The van der Waals surface area contributed by atoms with E-state index in [1.54, 1.807) is 12.1 Å². The number of carbonyl (C=O) groups excluding carboxylic acids is 1. The number of ether oxygens (including phenoxy) is 1. The molecule has 23 heavy (non-hydrogen) atoms. The number of hydrogen-bond acceptors (Lipinski definition) is 3. The van der Waals surface area contributed by atoms with Crippen molar-refractivity contribution in [2.75, 3.05) is 6.54 Å². The van der Waals surface area contributed by atoms with Crippen LogP contribution in [-0.2, 0) is 11.2 Å². The van der Waals surface area contributed by atoms with Gasteiger partial charge in [-0.1, -0.05) is 25.1 Å². The minimum absolute atomic E-state index is 0.109. The molecule has 0 spiro atoms. The Labute approximate surface area is 138 Å². The molecule has 0 aliphatic heterocycles. The van der Waals surface area contributed by atoms with Crippen LogP contribution in [0.4, 0.5) is 9.18 Å². The molecule has 0 aliphatic rings. The third-order valence-electron chi connectivity index (χ3n) is 3.39. The van der Waals surface area contributed by atoms with Crippen molar-refractivity contribution in [3.63, 3.8) is 0 Å². The van der Waals surface area contributed by atoms with Gasteiger partial charge < -0.3 is 15.4 Å². The van der Waals surface area contributed by atoms with Gasteiger partial charge in [0.25, 0.3) is 0 Å². The van der Waals surface area contributed by atoms with Gasteiger partial charge in [0, 0.05) is 18.6 Å². The van der Waals surface area contributed by atoms with Crippen molar-refractivity contribution in [3.8, 4) is 0 Å². The lowest BCUT2D eigenvalue weighted by Crippen LogP contribution is -2.46. The van der Waals surface area contributed by atoms with Gasteiger partial charge in [-0.05, 0) is 52.2 Å². The quantitative estimate of drug-likeness (QED) is 0.805. The predicted molar refractivity (Wildman–Crippen MR) is 91.0 cm³/mol. The molecule has 1 amide bonds. The fourth-order valence-electron chi connectivity index (χ4n) is 2.30. The first kappa shape index (κ1) is 19.4. The summed E-state index contributed by atoms with van der Waals surface area (Å²) < 4.78 is 18.9. The number of hydrogen-bond donors (Lipinski definition) is 2. The zero-order chi connectivity index (χ0) is 17.5. The first-order valence-electron chi connectivity index (χ1n) is 8.17. The second kappa shape index (κ2) is 8.87. The van der Waals surface area contributed by atoms with E-state index in [1.807, 2.05) is 40.7 Å². The molecule has 0 saturated heterocycles. The summed E-state index contributed by atoms with van der Waals surface area (Å²) in [6, 6.07) is 7.03. The fraction of sp³-hybridized carbons (Fsp3) is 0.611. The summed E-state index contributed by atoms with van der Waals surface area (Å²) in [6.45, 7) is 10.0. The lowest BCUT2D eigenvalue weighted by Gasteiger charge is -2.24. The van der Waals surface area contributed by atoms with Crippen LogP contribution in [0.25, 0.3) is 0 Å². The average molecular weight is 324 g/mol. The van der Waals surface area contributed by atoms with Gasteiger partial charge >= 0.3 is 6.09 Å². The first-order chi connectivity index (χ1) is 10.7. The molecule has 1 aromatic carbocycles. The molecule has 2 atom stereocenters. The maximum Gasteiger partial charge on any atom is 0.407 e. The van der Waals surface area contributed by atoms with E-state index in [4.69, 9.17) is 4.74 Å². The highest BCUT2D eigenvalue weighted by atomic mass is 19.1. The molecule has 0 heterocycles. The number of benzene rings is 1. The predicted octanol–water partition coefficient (Wildman–Crippen LogP) is 3.65. The number of carbonyl (C=O) groups is 1. The van der Waals surface area contributed by atoms with Crippen molar-refractivity contribution >= 4 is 6.09 Å². The van der Waals surface area contributed by atoms with Crippen LogP contribution in [-0.4, -0.2) is 30.3 Å². The number of nitrogens with one attached hydrogen (secondary N) is 2. The molecule has 2 N–H and O–H groups in total. The van der Waals surface area contributed by atoms with Gasteiger partial charge in [0.05, 0.1) is 0 Å². The van der Waals surface area contributed by atoms with Crippen LogP contribution in [0, 0.1) is 5.82 Å². The second-order valence-corrected chi connectivity index (χ2v) is 6.85. The Morgan fingerprint density at radius 3 is 2.52 bits per heavy atom. The molecule has 2 unspecified atom stereocenters. The monoisotopic (exact) mass is 324 g/mol. The summed E-state index contributed by atoms with van der Waals surface area (Å²) in [6.07, 6.45) is 1.05. The summed E-state index contributed by atoms with van der Waals surface area (Å²) in [5.74, 6) is -0.180. The highest BCUT2D eigenvalue weighted by Gasteiger charge is 2.18. The summed E-state index contributed by atoms with van der Waals surface area (Å²) in [5, 5.41) is 6.20. The molecule has 4 nitrogen and oxygen atoms in total. The first-order valence-corrected chi connectivity index (χ1v) is 8.17. The highest BCUT2D eigenvalue weighted by Crippen LogP contribution is 2.10. The molecular weight excluding hydrogens is 295 g/mol. The topological polar surface area (TPSA) is 50.4 Å². The van der Waals surface area contributed by atoms with Gasteiger partial charge in [-0.2, -0.15) is 0 Å². The van der Waals surface area contributed by atoms with Crippen LogP contribution in [0.3, 0.4) is 0 Å². The Kier molecular flexibility index (Phi) is 7.49. The number of alkyl carbamates (subject to hydrolysis) is 1. The van der Waals surface area contributed by atoms with E-state index in [0.29, 0.717) is 18.5 Å². The van der Waals surface area contributed by atoms with Gasteiger partial charge in [-0.25, -0.2) is 9.18 Å². The van der Waals surface area contributed by atoms with Crippen molar-refractivity contribution in [3.05, 3.63) is 35.6 Å². The molecule has 1 rings (SSSR count). The Bertz CT molecular complexity index is 500.